The van der Waals surface area contributed by atoms with E-state index < -0.39 is 20.1 Å². The van der Waals surface area contributed by atoms with Crippen LogP contribution in [0.25, 0.3) is 6.08 Å². The normalized spacial score (nSPS) is 12.5. The maximum Gasteiger partial charge on any atom is 0.308 e. The van der Waals surface area contributed by atoms with Crippen molar-refractivity contribution < 1.29 is 25.8 Å². The summed E-state index contributed by atoms with van der Waals surface area (Å²) in [6.07, 6.45) is 1.53. The summed E-state index contributed by atoms with van der Waals surface area (Å²) in [5.74, 6) is -0.0103. The average Bonchev–Trinajstić information content (AvgIpc) is 2.70. The predicted molar refractivity (Wildman–Crippen MR) is 113 cm³/mol. The predicted octanol–water partition coefficient (Wildman–Crippen LogP) is 2.86. The fourth-order valence-electron chi connectivity index (χ4n) is 2.41. The van der Waals surface area contributed by atoms with Gasteiger partial charge in [-0.1, -0.05) is 42.5 Å². The Bertz CT molecular complexity index is 1020. The number of sulfonamides is 1. The van der Waals surface area contributed by atoms with Gasteiger partial charge in [-0.2, -0.15) is 12.7 Å². The number of rotatable bonds is 11. The second-order valence-electron chi connectivity index (χ2n) is 6.16. The molecule has 2 aromatic rings. The number of ether oxygens (including phenoxy) is 1. The van der Waals surface area contributed by atoms with Crippen molar-refractivity contribution in [3.63, 3.8) is 0 Å². The van der Waals surface area contributed by atoms with Crippen LogP contribution in [0.3, 0.4) is 0 Å². The Labute approximate surface area is 172 Å². The molecular weight excluding hydrogens is 414 g/mol. The zero-order chi connectivity index (χ0) is 21.3. The molecule has 0 aliphatic rings. The third kappa shape index (κ3) is 7.62. The number of hydrogen-bond acceptors (Lipinski definition) is 6. The first kappa shape index (κ1) is 23.1. The minimum atomic E-state index is -3.73. The van der Waals surface area contributed by atoms with E-state index in [-0.39, 0.29) is 31.2 Å². The van der Waals surface area contributed by atoms with Gasteiger partial charge in [-0.05, 0) is 36.3 Å². The van der Waals surface area contributed by atoms with Crippen molar-refractivity contribution in [3.05, 3.63) is 71.1 Å². The van der Waals surface area contributed by atoms with Gasteiger partial charge in [0, 0.05) is 25.6 Å². The van der Waals surface area contributed by atoms with E-state index in [2.05, 4.69) is 0 Å². The molecule has 0 radical (unpaired) electrons. The Morgan fingerprint density at radius 1 is 1.00 bits per heavy atom. The van der Waals surface area contributed by atoms with E-state index in [4.69, 9.17) is 8.92 Å². The summed E-state index contributed by atoms with van der Waals surface area (Å²) in [4.78, 5) is 0. The van der Waals surface area contributed by atoms with Crippen molar-refractivity contribution in [2.75, 3.05) is 26.0 Å². The Kier molecular flexibility index (Phi) is 8.39. The molecule has 0 saturated carbocycles. The number of methoxy groups -OCH3 is 1. The summed E-state index contributed by atoms with van der Waals surface area (Å²) >= 11 is 0. The smallest absolute Gasteiger partial charge is 0.308 e. The summed E-state index contributed by atoms with van der Waals surface area (Å²) in [6.45, 7) is 1.90. The SMILES string of the molecule is CCS(=O)(=O)Oc1cccc(CN(CCOC)S(=O)(=O)C=Cc2ccccc2)c1. The van der Waals surface area contributed by atoms with Crippen LogP contribution in [0.15, 0.2) is 60.0 Å². The fourth-order valence-corrected chi connectivity index (χ4v) is 4.08. The van der Waals surface area contributed by atoms with Crippen LogP contribution in [0, 0.1) is 0 Å². The van der Waals surface area contributed by atoms with E-state index in [9.17, 15) is 16.8 Å². The van der Waals surface area contributed by atoms with E-state index in [0.717, 1.165) is 11.0 Å². The van der Waals surface area contributed by atoms with Crippen LogP contribution in [0.2, 0.25) is 0 Å². The van der Waals surface area contributed by atoms with Crippen molar-refractivity contribution >= 4 is 26.2 Å². The van der Waals surface area contributed by atoms with Crippen molar-refractivity contribution in [2.24, 2.45) is 0 Å². The lowest BCUT2D eigenvalue weighted by Crippen LogP contribution is -2.32. The quantitative estimate of drug-likeness (QED) is 0.500. The molecule has 7 nitrogen and oxygen atoms in total. The molecule has 0 saturated heterocycles. The first-order chi connectivity index (χ1) is 13.8. The topological polar surface area (TPSA) is 90.0 Å². The number of hydrogen-bond donors (Lipinski definition) is 0. The van der Waals surface area contributed by atoms with Gasteiger partial charge in [-0.25, -0.2) is 8.42 Å². The van der Waals surface area contributed by atoms with Crippen molar-refractivity contribution in [1.29, 1.82) is 0 Å². The molecule has 0 fully saturated rings. The molecule has 0 unspecified atom stereocenters. The molecule has 0 N–H and O–H groups in total. The zero-order valence-corrected chi connectivity index (χ0v) is 18.0. The van der Waals surface area contributed by atoms with Crippen LogP contribution in [0.1, 0.15) is 18.1 Å². The first-order valence-corrected chi connectivity index (χ1v) is 12.1. The zero-order valence-electron chi connectivity index (χ0n) is 16.4. The maximum atomic E-state index is 12.8. The van der Waals surface area contributed by atoms with E-state index in [0.29, 0.717) is 5.56 Å². The molecular formula is C20H25NO6S2. The van der Waals surface area contributed by atoms with E-state index in [1.54, 1.807) is 24.3 Å². The van der Waals surface area contributed by atoms with Gasteiger partial charge in [-0.15, -0.1) is 0 Å². The van der Waals surface area contributed by atoms with Gasteiger partial charge in [0.05, 0.1) is 12.4 Å². The molecule has 0 amide bonds. The van der Waals surface area contributed by atoms with Crippen LogP contribution in [-0.2, 0) is 31.4 Å². The minimum absolute atomic E-state index is 0.0498. The molecule has 2 aromatic carbocycles. The third-order valence-electron chi connectivity index (χ3n) is 3.97. The van der Waals surface area contributed by atoms with Gasteiger partial charge in [-0.3, -0.25) is 0 Å². The number of nitrogens with zero attached hydrogens (tertiary/aromatic N) is 1. The van der Waals surface area contributed by atoms with Gasteiger partial charge in [0.15, 0.2) is 0 Å². The van der Waals surface area contributed by atoms with Crippen molar-refractivity contribution in [1.82, 2.24) is 4.31 Å². The Hall–Kier alpha value is -2.20. The molecule has 29 heavy (non-hydrogen) atoms. The standard InChI is InChI=1S/C20H25NO6S2/c1-3-29(24,25)27-20-11-7-10-19(16-20)17-21(13-14-26-2)28(22,23)15-12-18-8-5-4-6-9-18/h4-12,15-16H,3,13-14,17H2,1-2H3. The van der Waals surface area contributed by atoms with E-state index in [1.165, 1.54) is 36.5 Å². The molecule has 0 spiro atoms. The molecule has 0 atom stereocenters. The summed E-state index contributed by atoms with van der Waals surface area (Å²) in [5, 5.41) is 1.15. The lowest BCUT2D eigenvalue weighted by molar-refractivity contribution is 0.178. The fraction of sp³-hybridized carbons (Fsp3) is 0.300. The lowest BCUT2D eigenvalue weighted by Gasteiger charge is -2.20. The molecule has 2 rings (SSSR count). The Morgan fingerprint density at radius 2 is 1.72 bits per heavy atom. The lowest BCUT2D eigenvalue weighted by atomic mass is 10.2. The second kappa shape index (κ2) is 10.5. The molecule has 158 valence electrons. The van der Waals surface area contributed by atoms with Gasteiger partial charge in [0.2, 0.25) is 10.0 Å². The largest absolute Gasteiger partial charge is 0.383 e. The van der Waals surface area contributed by atoms with E-state index in [1.807, 2.05) is 18.2 Å². The van der Waals surface area contributed by atoms with E-state index >= 15 is 0 Å². The van der Waals surface area contributed by atoms with Crippen molar-refractivity contribution in [3.8, 4) is 5.75 Å². The summed E-state index contributed by atoms with van der Waals surface area (Å²) in [5.41, 5.74) is 1.37. The van der Waals surface area contributed by atoms with Crippen LogP contribution in [0.5, 0.6) is 5.75 Å². The summed E-state index contributed by atoms with van der Waals surface area (Å²) in [6, 6.07) is 15.5. The maximum absolute atomic E-state index is 12.8. The van der Waals surface area contributed by atoms with Gasteiger partial charge < -0.3 is 8.92 Å². The van der Waals surface area contributed by atoms with Gasteiger partial charge in [0.1, 0.15) is 5.75 Å². The highest BCUT2D eigenvalue weighted by atomic mass is 32.2. The highest BCUT2D eigenvalue weighted by Crippen LogP contribution is 2.19. The first-order valence-electron chi connectivity index (χ1n) is 8.99. The van der Waals surface area contributed by atoms with Crippen LogP contribution in [0.4, 0.5) is 0 Å². The third-order valence-corrected chi connectivity index (χ3v) is 6.64. The summed E-state index contributed by atoms with van der Waals surface area (Å²) in [7, 11) is -5.90. The van der Waals surface area contributed by atoms with Gasteiger partial charge >= 0.3 is 10.1 Å². The molecule has 9 heteroatoms. The van der Waals surface area contributed by atoms with Gasteiger partial charge in [0.25, 0.3) is 0 Å². The molecule has 0 aromatic heterocycles. The second-order valence-corrected chi connectivity index (χ2v) is 9.84. The monoisotopic (exact) mass is 439 g/mol. The molecule has 0 aliphatic carbocycles. The van der Waals surface area contributed by atoms with Crippen LogP contribution >= 0.6 is 0 Å². The van der Waals surface area contributed by atoms with Crippen LogP contribution in [-0.4, -0.2) is 47.2 Å². The highest BCUT2D eigenvalue weighted by molar-refractivity contribution is 7.92. The summed E-state index contributed by atoms with van der Waals surface area (Å²) < 4.78 is 60.3. The number of benzene rings is 2. The highest BCUT2D eigenvalue weighted by Gasteiger charge is 2.20. The molecule has 0 aliphatic heterocycles. The van der Waals surface area contributed by atoms with Crippen molar-refractivity contribution in [2.45, 2.75) is 13.5 Å². The molecule has 0 heterocycles. The Balaban J connectivity index is 2.23. The Morgan fingerprint density at radius 3 is 2.38 bits per heavy atom. The average molecular weight is 440 g/mol. The molecule has 0 bridgehead atoms. The van der Waals surface area contributed by atoms with Crippen LogP contribution < -0.4 is 4.18 Å². The minimum Gasteiger partial charge on any atom is -0.383 e.